The van der Waals surface area contributed by atoms with Crippen molar-refractivity contribution in [1.82, 2.24) is 15.6 Å². The van der Waals surface area contributed by atoms with Gasteiger partial charge in [0.15, 0.2) is 5.96 Å². The molecule has 2 aromatic rings. The Morgan fingerprint density at radius 1 is 1.28 bits per heavy atom. The fourth-order valence-electron chi connectivity index (χ4n) is 2.45. The lowest BCUT2D eigenvalue weighted by Crippen LogP contribution is -2.37. The molecule has 2 N–H and O–H groups in total. The van der Waals surface area contributed by atoms with Gasteiger partial charge < -0.3 is 15.4 Å². The third-order valence-electron chi connectivity index (χ3n) is 3.72. The van der Waals surface area contributed by atoms with E-state index >= 15 is 0 Å². The molecule has 1 heterocycles. The van der Waals surface area contributed by atoms with E-state index in [2.05, 4.69) is 52.0 Å². The highest BCUT2D eigenvalue weighted by atomic mass is 32.1. The van der Waals surface area contributed by atoms with Gasteiger partial charge in [-0.1, -0.05) is 12.1 Å². The Morgan fingerprint density at radius 3 is 2.80 bits per heavy atom. The average Bonchev–Trinajstić information content (AvgIpc) is 3.02. The predicted octanol–water partition coefficient (Wildman–Crippen LogP) is 3.46. The Kier molecular flexibility index (Phi) is 7.73. The molecule has 0 atom stereocenters. The first-order valence-electron chi connectivity index (χ1n) is 8.69. The number of benzene rings is 1. The lowest BCUT2D eigenvalue weighted by Gasteiger charge is -2.12. The van der Waals surface area contributed by atoms with Crippen molar-refractivity contribution in [2.24, 2.45) is 4.99 Å². The normalized spacial score (nSPS) is 11.4. The summed E-state index contributed by atoms with van der Waals surface area (Å²) in [5.41, 5.74) is 3.38. The molecule has 1 aromatic carbocycles. The number of aliphatic imine (C=N–C) groups is 1. The van der Waals surface area contributed by atoms with Gasteiger partial charge in [-0.25, -0.2) is 9.98 Å². The molecule has 25 heavy (non-hydrogen) atoms. The second-order valence-corrected chi connectivity index (χ2v) is 6.87. The van der Waals surface area contributed by atoms with Crippen molar-refractivity contribution < 1.29 is 4.74 Å². The van der Waals surface area contributed by atoms with Gasteiger partial charge in [0.25, 0.3) is 0 Å². The van der Waals surface area contributed by atoms with Crippen LogP contribution in [0.2, 0.25) is 0 Å². The molecule has 0 spiro atoms. The van der Waals surface area contributed by atoms with Crippen LogP contribution in [0.25, 0.3) is 0 Å². The van der Waals surface area contributed by atoms with E-state index in [1.807, 2.05) is 13.0 Å². The first-order valence-corrected chi connectivity index (χ1v) is 9.57. The van der Waals surface area contributed by atoms with E-state index in [4.69, 9.17) is 4.74 Å². The summed E-state index contributed by atoms with van der Waals surface area (Å²) in [5.74, 6) is 1.72. The molecule has 2 rings (SSSR count). The molecule has 1 aromatic heterocycles. The summed E-state index contributed by atoms with van der Waals surface area (Å²) >= 11 is 1.73. The fraction of sp³-hybridized carbons (Fsp3) is 0.474. The van der Waals surface area contributed by atoms with E-state index in [1.54, 1.807) is 18.4 Å². The molecule has 0 aliphatic rings. The van der Waals surface area contributed by atoms with E-state index in [0.717, 1.165) is 48.9 Å². The summed E-state index contributed by atoms with van der Waals surface area (Å²) in [4.78, 5) is 9.17. The molecule has 0 amide bonds. The number of methoxy groups -OCH3 is 1. The Balaban J connectivity index is 1.87. The number of guanidine groups is 1. The number of hydrogen-bond acceptors (Lipinski definition) is 4. The van der Waals surface area contributed by atoms with Gasteiger partial charge in [0.2, 0.25) is 0 Å². The fourth-order valence-corrected chi connectivity index (χ4v) is 3.27. The van der Waals surface area contributed by atoms with E-state index in [-0.39, 0.29) is 0 Å². The molecular formula is C19H28N4OS. The van der Waals surface area contributed by atoms with Gasteiger partial charge in [-0.3, -0.25) is 0 Å². The maximum Gasteiger partial charge on any atom is 0.191 e. The molecule has 0 saturated heterocycles. The van der Waals surface area contributed by atoms with Gasteiger partial charge in [-0.15, -0.1) is 11.3 Å². The van der Waals surface area contributed by atoms with E-state index < -0.39 is 0 Å². The number of rotatable bonds is 8. The maximum atomic E-state index is 5.45. The van der Waals surface area contributed by atoms with E-state index in [9.17, 15) is 0 Å². The summed E-state index contributed by atoms with van der Waals surface area (Å²) in [5, 5.41) is 9.98. The number of aromatic nitrogens is 1. The van der Waals surface area contributed by atoms with Crippen molar-refractivity contribution in [2.75, 3.05) is 20.2 Å². The zero-order valence-corrected chi connectivity index (χ0v) is 16.4. The average molecular weight is 361 g/mol. The summed E-state index contributed by atoms with van der Waals surface area (Å²) in [6, 6.07) is 6.21. The van der Waals surface area contributed by atoms with Crippen LogP contribution < -0.4 is 15.4 Å². The van der Waals surface area contributed by atoms with Crippen molar-refractivity contribution in [1.29, 1.82) is 0 Å². The summed E-state index contributed by atoms with van der Waals surface area (Å²) < 4.78 is 5.45. The van der Waals surface area contributed by atoms with Gasteiger partial charge in [-0.05, 0) is 38.8 Å². The van der Waals surface area contributed by atoms with Gasteiger partial charge in [0.1, 0.15) is 5.75 Å². The van der Waals surface area contributed by atoms with Crippen molar-refractivity contribution in [3.63, 3.8) is 0 Å². The molecule has 0 aliphatic heterocycles. The number of ether oxygens (including phenoxy) is 1. The number of aryl methyl sites for hydroxylation is 3. The molecule has 6 heteroatoms. The maximum absolute atomic E-state index is 5.45. The van der Waals surface area contributed by atoms with E-state index in [0.29, 0.717) is 6.54 Å². The Hall–Kier alpha value is -2.08. The second-order valence-electron chi connectivity index (χ2n) is 5.92. The van der Waals surface area contributed by atoms with Crippen LogP contribution in [0, 0.1) is 13.8 Å². The summed E-state index contributed by atoms with van der Waals surface area (Å²) in [6.45, 7) is 8.46. The minimum atomic E-state index is 0.588. The molecular weight excluding hydrogens is 332 g/mol. The number of nitrogens with zero attached hydrogens (tertiary/aromatic N) is 2. The highest BCUT2D eigenvalue weighted by Crippen LogP contribution is 2.20. The third kappa shape index (κ3) is 6.38. The topological polar surface area (TPSA) is 58.5 Å². The van der Waals surface area contributed by atoms with Crippen molar-refractivity contribution >= 4 is 17.3 Å². The number of hydrogen-bond donors (Lipinski definition) is 2. The Labute approximate surface area is 154 Å². The van der Waals surface area contributed by atoms with Gasteiger partial charge >= 0.3 is 0 Å². The lowest BCUT2D eigenvalue weighted by atomic mass is 10.1. The van der Waals surface area contributed by atoms with Crippen LogP contribution in [0.15, 0.2) is 28.6 Å². The zero-order valence-electron chi connectivity index (χ0n) is 15.6. The zero-order chi connectivity index (χ0) is 18.1. The van der Waals surface area contributed by atoms with Crippen molar-refractivity contribution in [3.05, 3.63) is 45.4 Å². The van der Waals surface area contributed by atoms with Crippen LogP contribution in [0.5, 0.6) is 5.75 Å². The van der Waals surface area contributed by atoms with Crippen LogP contribution in [-0.2, 0) is 13.0 Å². The van der Waals surface area contributed by atoms with Gasteiger partial charge in [0.05, 0.1) is 18.7 Å². The lowest BCUT2D eigenvalue weighted by molar-refractivity contribution is 0.409. The molecule has 0 bridgehead atoms. The van der Waals surface area contributed by atoms with Gasteiger partial charge in [-0.2, -0.15) is 0 Å². The minimum absolute atomic E-state index is 0.588. The van der Waals surface area contributed by atoms with Crippen molar-refractivity contribution in [2.45, 2.75) is 40.2 Å². The smallest absolute Gasteiger partial charge is 0.191 e. The summed E-state index contributed by atoms with van der Waals surface area (Å²) in [6.07, 6.45) is 2.03. The second kappa shape index (κ2) is 10.0. The van der Waals surface area contributed by atoms with Crippen LogP contribution in [-0.4, -0.2) is 31.1 Å². The third-order valence-corrected chi connectivity index (χ3v) is 4.75. The molecule has 136 valence electrons. The predicted molar refractivity (Wildman–Crippen MR) is 106 cm³/mol. The largest absolute Gasteiger partial charge is 0.496 e. The first kappa shape index (κ1) is 19.2. The molecule has 0 fully saturated rings. The van der Waals surface area contributed by atoms with E-state index in [1.165, 1.54) is 10.6 Å². The van der Waals surface area contributed by atoms with Gasteiger partial charge in [0, 0.05) is 36.1 Å². The highest BCUT2D eigenvalue weighted by molar-refractivity contribution is 7.09. The van der Waals surface area contributed by atoms with Crippen LogP contribution >= 0.6 is 11.3 Å². The molecule has 0 saturated carbocycles. The summed E-state index contributed by atoms with van der Waals surface area (Å²) in [7, 11) is 1.70. The number of nitrogens with one attached hydrogen (secondary N) is 2. The SMILES string of the molecule is CCNC(=NCc1ccc(C)cc1OC)NCCCc1nc(C)cs1. The highest BCUT2D eigenvalue weighted by Gasteiger charge is 2.04. The molecule has 0 unspecified atom stereocenters. The monoisotopic (exact) mass is 360 g/mol. The Morgan fingerprint density at radius 2 is 2.12 bits per heavy atom. The first-order chi connectivity index (χ1) is 12.1. The van der Waals surface area contributed by atoms with Crippen LogP contribution in [0.4, 0.5) is 0 Å². The van der Waals surface area contributed by atoms with Crippen LogP contribution in [0.3, 0.4) is 0 Å². The van der Waals surface area contributed by atoms with Crippen molar-refractivity contribution in [3.8, 4) is 5.75 Å². The van der Waals surface area contributed by atoms with Crippen LogP contribution in [0.1, 0.15) is 35.2 Å². The number of thiazole rings is 1. The quantitative estimate of drug-likeness (QED) is 0.430. The standard InChI is InChI=1S/C19H28N4OS/c1-5-20-19(21-10-6-7-18-23-15(3)13-25-18)22-12-16-9-8-14(2)11-17(16)24-4/h8-9,11,13H,5-7,10,12H2,1-4H3,(H2,20,21,22). The molecule has 0 radical (unpaired) electrons. The molecule has 0 aliphatic carbocycles. The minimum Gasteiger partial charge on any atom is -0.496 e. The molecule has 5 nitrogen and oxygen atoms in total. The Bertz CT molecular complexity index is 696.